The van der Waals surface area contributed by atoms with Gasteiger partial charge in [-0.3, -0.25) is 4.79 Å². The molecule has 4 nitrogen and oxygen atoms in total. The highest BCUT2D eigenvalue weighted by molar-refractivity contribution is 6.17. The molecule has 90 valence electrons. The van der Waals surface area contributed by atoms with Gasteiger partial charge in [0.2, 0.25) is 0 Å². The molecular weight excluding hydrogens is 242 g/mol. The Kier molecular flexibility index (Phi) is 4.80. The number of nitrogens with zero attached hydrogens (tertiary/aromatic N) is 1. The van der Waals surface area contributed by atoms with Crippen molar-refractivity contribution in [3.63, 3.8) is 0 Å². The fourth-order valence-electron chi connectivity index (χ4n) is 1.54. The third-order valence-corrected chi connectivity index (χ3v) is 2.57. The van der Waals surface area contributed by atoms with Gasteiger partial charge >= 0.3 is 5.97 Å². The van der Waals surface area contributed by atoms with Crippen molar-refractivity contribution in [2.75, 3.05) is 14.2 Å². The zero-order valence-corrected chi connectivity index (χ0v) is 10.4. The van der Waals surface area contributed by atoms with E-state index < -0.39 is 0 Å². The van der Waals surface area contributed by atoms with Crippen molar-refractivity contribution in [3.8, 4) is 11.8 Å². The highest BCUT2D eigenvalue weighted by Gasteiger charge is 2.14. The molecule has 0 aliphatic rings. The average Bonchev–Trinajstić information content (AvgIpc) is 2.37. The zero-order chi connectivity index (χ0) is 12.8. The van der Waals surface area contributed by atoms with Crippen LogP contribution in [0.1, 0.15) is 16.7 Å². The lowest BCUT2D eigenvalue weighted by Gasteiger charge is -2.12. The number of nitriles is 1. The lowest BCUT2D eigenvalue weighted by Crippen LogP contribution is -2.07. The molecule has 0 radical (unpaired) electrons. The molecular formula is C12H12ClNO3. The van der Waals surface area contributed by atoms with Crippen molar-refractivity contribution in [1.82, 2.24) is 0 Å². The molecule has 0 aromatic heterocycles. The molecule has 0 atom stereocenters. The number of alkyl halides is 1. The first kappa shape index (κ1) is 13.3. The van der Waals surface area contributed by atoms with E-state index in [0.717, 1.165) is 0 Å². The van der Waals surface area contributed by atoms with E-state index in [9.17, 15) is 4.79 Å². The Balaban J connectivity index is 3.25. The number of rotatable bonds is 4. The van der Waals surface area contributed by atoms with Crippen LogP contribution in [0.3, 0.4) is 0 Å². The number of esters is 1. The van der Waals surface area contributed by atoms with E-state index in [-0.39, 0.29) is 18.3 Å². The average molecular weight is 254 g/mol. The number of hydrogen-bond donors (Lipinski definition) is 0. The molecule has 0 unspecified atom stereocenters. The van der Waals surface area contributed by atoms with Crippen molar-refractivity contribution < 1.29 is 14.3 Å². The number of halogens is 1. The lowest BCUT2D eigenvalue weighted by molar-refractivity contribution is -0.139. The van der Waals surface area contributed by atoms with Crippen molar-refractivity contribution >= 4 is 17.6 Å². The second kappa shape index (κ2) is 6.12. The first-order chi connectivity index (χ1) is 8.15. The predicted molar refractivity (Wildman–Crippen MR) is 63.0 cm³/mol. The maximum absolute atomic E-state index is 11.3. The van der Waals surface area contributed by atoms with E-state index in [2.05, 4.69) is 4.74 Å². The fraction of sp³-hybridized carbons (Fsp3) is 0.333. The van der Waals surface area contributed by atoms with Crippen LogP contribution in [0.15, 0.2) is 12.1 Å². The third-order valence-electron chi connectivity index (χ3n) is 2.28. The first-order valence-electron chi connectivity index (χ1n) is 4.89. The van der Waals surface area contributed by atoms with Crippen molar-refractivity contribution in [2.45, 2.75) is 12.3 Å². The van der Waals surface area contributed by atoms with Gasteiger partial charge in [0, 0.05) is 11.1 Å². The summed E-state index contributed by atoms with van der Waals surface area (Å²) in [6.45, 7) is 0. The molecule has 0 amide bonds. The summed E-state index contributed by atoms with van der Waals surface area (Å²) in [6, 6.07) is 5.27. The number of methoxy groups -OCH3 is 2. The summed E-state index contributed by atoms with van der Waals surface area (Å²) in [5, 5.41) is 8.89. The molecule has 0 N–H and O–H groups in total. The first-order valence-corrected chi connectivity index (χ1v) is 5.42. The molecule has 0 aliphatic carbocycles. The predicted octanol–water partition coefficient (Wildman–Crippen LogP) is 2.02. The van der Waals surface area contributed by atoms with E-state index in [1.54, 1.807) is 12.1 Å². The Labute approximate surface area is 105 Å². The second-order valence-electron chi connectivity index (χ2n) is 3.33. The Morgan fingerprint density at radius 2 is 2.06 bits per heavy atom. The number of ether oxygens (including phenoxy) is 2. The highest BCUT2D eigenvalue weighted by Crippen LogP contribution is 2.27. The van der Waals surface area contributed by atoms with E-state index in [1.165, 1.54) is 14.2 Å². The van der Waals surface area contributed by atoms with Gasteiger partial charge in [-0.15, -0.1) is 11.6 Å². The normalized spacial score (nSPS) is 9.53. The summed E-state index contributed by atoms with van der Waals surface area (Å²) in [6.07, 6.45) is 0.0546. The Morgan fingerprint density at radius 3 is 2.53 bits per heavy atom. The molecule has 0 heterocycles. The molecule has 0 fully saturated rings. The smallest absolute Gasteiger partial charge is 0.310 e. The Morgan fingerprint density at radius 1 is 1.41 bits per heavy atom. The zero-order valence-electron chi connectivity index (χ0n) is 9.62. The highest BCUT2D eigenvalue weighted by atomic mass is 35.5. The van der Waals surface area contributed by atoms with Crippen LogP contribution in [-0.2, 0) is 21.8 Å². The van der Waals surface area contributed by atoms with Gasteiger partial charge in [0.1, 0.15) is 5.75 Å². The van der Waals surface area contributed by atoms with Gasteiger partial charge in [-0.05, 0) is 12.1 Å². The van der Waals surface area contributed by atoms with Gasteiger partial charge in [0.25, 0.3) is 0 Å². The largest absolute Gasteiger partial charge is 0.496 e. The van der Waals surface area contributed by atoms with Crippen molar-refractivity contribution in [1.29, 1.82) is 5.26 Å². The second-order valence-corrected chi connectivity index (χ2v) is 3.59. The van der Waals surface area contributed by atoms with Gasteiger partial charge in [0.15, 0.2) is 0 Å². The quantitative estimate of drug-likeness (QED) is 0.608. The Bertz CT molecular complexity index is 466. The summed E-state index contributed by atoms with van der Waals surface area (Å²) in [5.74, 6) is 0.357. The van der Waals surface area contributed by atoms with Crippen LogP contribution in [0, 0.1) is 11.3 Å². The summed E-state index contributed by atoms with van der Waals surface area (Å²) in [5.41, 5.74) is 1.74. The molecule has 5 heteroatoms. The van der Waals surface area contributed by atoms with Crippen LogP contribution in [0.4, 0.5) is 0 Å². The molecule has 0 aliphatic heterocycles. The SMILES string of the molecule is COC(=O)Cc1cc(C#N)cc(CCl)c1OC. The van der Waals surface area contributed by atoms with Crippen LogP contribution in [0.25, 0.3) is 0 Å². The van der Waals surface area contributed by atoms with Gasteiger partial charge < -0.3 is 9.47 Å². The van der Waals surface area contributed by atoms with Crippen LogP contribution in [-0.4, -0.2) is 20.2 Å². The monoisotopic (exact) mass is 253 g/mol. The van der Waals surface area contributed by atoms with E-state index in [0.29, 0.717) is 22.4 Å². The minimum absolute atomic E-state index is 0.0546. The van der Waals surface area contributed by atoms with Gasteiger partial charge in [0.05, 0.1) is 38.2 Å². The topological polar surface area (TPSA) is 59.3 Å². The van der Waals surface area contributed by atoms with Crippen LogP contribution >= 0.6 is 11.6 Å². The summed E-state index contributed by atoms with van der Waals surface area (Å²) in [4.78, 5) is 11.3. The standard InChI is InChI=1S/C12H12ClNO3/c1-16-11(15)5-9-3-8(7-14)4-10(6-13)12(9)17-2/h3-4H,5-6H2,1-2H3. The van der Waals surface area contributed by atoms with Crippen molar-refractivity contribution in [3.05, 3.63) is 28.8 Å². The van der Waals surface area contributed by atoms with E-state index in [1.807, 2.05) is 6.07 Å². The summed E-state index contributed by atoms with van der Waals surface area (Å²) < 4.78 is 9.80. The summed E-state index contributed by atoms with van der Waals surface area (Å²) >= 11 is 5.78. The number of hydrogen-bond acceptors (Lipinski definition) is 4. The van der Waals surface area contributed by atoms with Crippen molar-refractivity contribution in [2.24, 2.45) is 0 Å². The number of benzene rings is 1. The molecule has 1 aromatic rings. The minimum atomic E-state index is -0.390. The van der Waals surface area contributed by atoms with E-state index in [4.69, 9.17) is 21.6 Å². The molecule has 0 bridgehead atoms. The maximum Gasteiger partial charge on any atom is 0.310 e. The number of carbonyl (C=O) groups excluding carboxylic acids is 1. The molecule has 1 rings (SSSR count). The molecule has 17 heavy (non-hydrogen) atoms. The molecule has 0 spiro atoms. The van der Waals surface area contributed by atoms with Crippen LogP contribution < -0.4 is 4.74 Å². The minimum Gasteiger partial charge on any atom is -0.496 e. The Hall–Kier alpha value is -1.73. The summed E-state index contributed by atoms with van der Waals surface area (Å²) in [7, 11) is 2.81. The molecule has 0 saturated heterocycles. The fourth-order valence-corrected chi connectivity index (χ4v) is 1.74. The van der Waals surface area contributed by atoms with Crippen LogP contribution in [0.2, 0.25) is 0 Å². The van der Waals surface area contributed by atoms with Gasteiger partial charge in [-0.1, -0.05) is 0 Å². The van der Waals surface area contributed by atoms with Gasteiger partial charge in [-0.25, -0.2) is 0 Å². The molecule has 0 saturated carbocycles. The maximum atomic E-state index is 11.3. The number of carbonyl (C=O) groups is 1. The van der Waals surface area contributed by atoms with Crippen LogP contribution in [0.5, 0.6) is 5.75 Å². The lowest BCUT2D eigenvalue weighted by atomic mass is 10.0. The third kappa shape index (κ3) is 3.11. The van der Waals surface area contributed by atoms with Gasteiger partial charge in [-0.2, -0.15) is 5.26 Å². The molecule has 1 aromatic carbocycles. The van der Waals surface area contributed by atoms with E-state index >= 15 is 0 Å².